The lowest BCUT2D eigenvalue weighted by Crippen LogP contribution is -2.36. The minimum Gasteiger partial charge on any atom is -0.331 e. The molecule has 1 amide bonds. The quantitative estimate of drug-likeness (QED) is 0.778. The normalized spacial score (nSPS) is 10.8. The van der Waals surface area contributed by atoms with Crippen LogP contribution in [0.3, 0.4) is 0 Å². The summed E-state index contributed by atoms with van der Waals surface area (Å²) < 4.78 is 13.8. The third kappa shape index (κ3) is 3.27. The zero-order chi connectivity index (χ0) is 14.7. The molecule has 1 aromatic heterocycles. The summed E-state index contributed by atoms with van der Waals surface area (Å²) in [5.41, 5.74) is 0.357. The van der Waals surface area contributed by atoms with Crippen LogP contribution in [0.25, 0.3) is 0 Å². The summed E-state index contributed by atoms with van der Waals surface area (Å²) in [6, 6.07) is 8.52. The van der Waals surface area contributed by atoms with Gasteiger partial charge in [-0.05, 0) is 53.4 Å². The number of carbonyl (C=O) groups is 1. The fraction of sp³-hybridized carbons (Fsp3) is 0.267. The molecule has 0 spiro atoms. The molecular formula is C15H15BrFNOS. The Kier molecular flexibility index (Phi) is 4.94. The molecule has 1 aromatic carbocycles. The molecule has 0 aliphatic rings. The van der Waals surface area contributed by atoms with Crippen LogP contribution in [0.15, 0.2) is 40.2 Å². The van der Waals surface area contributed by atoms with Crippen molar-refractivity contribution in [2.45, 2.75) is 26.4 Å². The SMILES string of the molecule is CC(C)N(Cc1cccs1)C(=O)c1cccc(F)c1Br. The molecule has 0 radical (unpaired) electrons. The fourth-order valence-electron chi connectivity index (χ4n) is 1.88. The predicted molar refractivity (Wildman–Crippen MR) is 83.4 cm³/mol. The summed E-state index contributed by atoms with van der Waals surface area (Å²) in [7, 11) is 0. The van der Waals surface area contributed by atoms with E-state index in [1.807, 2.05) is 31.4 Å². The number of benzene rings is 1. The second kappa shape index (κ2) is 6.50. The summed E-state index contributed by atoms with van der Waals surface area (Å²) in [6.07, 6.45) is 0. The van der Waals surface area contributed by atoms with Crippen LogP contribution < -0.4 is 0 Å². The maximum Gasteiger partial charge on any atom is 0.255 e. The minimum absolute atomic E-state index is 0.0415. The average molecular weight is 356 g/mol. The second-order valence-electron chi connectivity index (χ2n) is 4.71. The van der Waals surface area contributed by atoms with E-state index in [1.54, 1.807) is 28.4 Å². The van der Waals surface area contributed by atoms with Gasteiger partial charge in [0, 0.05) is 10.9 Å². The van der Waals surface area contributed by atoms with Crippen LogP contribution >= 0.6 is 27.3 Å². The molecule has 2 nitrogen and oxygen atoms in total. The first-order valence-corrected chi connectivity index (χ1v) is 7.95. The van der Waals surface area contributed by atoms with Crippen molar-refractivity contribution < 1.29 is 9.18 Å². The van der Waals surface area contributed by atoms with Crippen LogP contribution in [0, 0.1) is 5.82 Å². The van der Waals surface area contributed by atoms with Crippen molar-refractivity contribution in [3.63, 3.8) is 0 Å². The Balaban J connectivity index is 2.29. The maximum atomic E-state index is 13.6. The highest BCUT2D eigenvalue weighted by Crippen LogP contribution is 2.24. The molecule has 5 heteroatoms. The smallest absolute Gasteiger partial charge is 0.255 e. The molecule has 0 unspecified atom stereocenters. The molecule has 0 atom stereocenters. The highest BCUT2D eigenvalue weighted by Gasteiger charge is 2.22. The Morgan fingerprint density at radius 1 is 1.35 bits per heavy atom. The maximum absolute atomic E-state index is 13.6. The standard InChI is InChI=1S/C15H15BrFNOS/c1-10(2)18(9-11-5-4-8-20-11)15(19)12-6-3-7-13(17)14(12)16/h3-8,10H,9H2,1-2H3. The first-order chi connectivity index (χ1) is 9.50. The lowest BCUT2D eigenvalue weighted by atomic mass is 10.1. The minimum atomic E-state index is -0.421. The summed E-state index contributed by atoms with van der Waals surface area (Å²) in [5, 5.41) is 1.98. The van der Waals surface area contributed by atoms with E-state index in [9.17, 15) is 9.18 Å². The van der Waals surface area contributed by atoms with Gasteiger partial charge in [0.15, 0.2) is 0 Å². The van der Waals surface area contributed by atoms with Crippen LogP contribution in [0.5, 0.6) is 0 Å². The van der Waals surface area contributed by atoms with E-state index in [0.717, 1.165) is 4.88 Å². The van der Waals surface area contributed by atoms with Gasteiger partial charge >= 0.3 is 0 Å². The van der Waals surface area contributed by atoms with Crippen LogP contribution in [-0.4, -0.2) is 16.8 Å². The largest absolute Gasteiger partial charge is 0.331 e. The first kappa shape index (κ1) is 15.2. The molecule has 0 fully saturated rings. The van der Waals surface area contributed by atoms with Gasteiger partial charge in [-0.25, -0.2) is 4.39 Å². The van der Waals surface area contributed by atoms with Gasteiger partial charge in [-0.3, -0.25) is 4.79 Å². The van der Waals surface area contributed by atoms with E-state index in [0.29, 0.717) is 12.1 Å². The molecule has 0 aliphatic carbocycles. The number of halogens is 2. The number of carbonyl (C=O) groups excluding carboxylic acids is 1. The molecular weight excluding hydrogens is 341 g/mol. The summed E-state index contributed by atoms with van der Waals surface area (Å²) >= 11 is 4.77. The van der Waals surface area contributed by atoms with E-state index in [4.69, 9.17) is 0 Å². The molecule has 20 heavy (non-hydrogen) atoms. The van der Waals surface area contributed by atoms with Gasteiger partial charge in [0.2, 0.25) is 0 Å². The highest BCUT2D eigenvalue weighted by atomic mass is 79.9. The van der Waals surface area contributed by atoms with Gasteiger partial charge in [-0.2, -0.15) is 0 Å². The average Bonchev–Trinajstić information content (AvgIpc) is 2.91. The van der Waals surface area contributed by atoms with Crippen LogP contribution in [-0.2, 0) is 6.54 Å². The second-order valence-corrected chi connectivity index (χ2v) is 6.53. The van der Waals surface area contributed by atoms with Crippen molar-refractivity contribution in [1.29, 1.82) is 0 Å². The molecule has 1 heterocycles. The summed E-state index contributed by atoms with van der Waals surface area (Å²) in [6.45, 7) is 4.45. The number of hydrogen-bond acceptors (Lipinski definition) is 2. The van der Waals surface area contributed by atoms with Gasteiger partial charge in [-0.15, -0.1) is 11.3 Å². The van der Waals surface area contributed by atoms with Gasteiger partial charge in [-0.1, -0.05) is 12.1 Å². The van der Waals surface area contributed by atoms with Crippen LogP contribution in [0.1, 0.15) is 29.1 Å². The Bertz CT molecular complexity index is 598. The third-order valence-electron chi connectivity index (χ3n) is 2.97. The zero-order valence-electron chi connectivity index (χ0n) is 11.3. The topological polar surface area (TPSA) is 20.3 Å². The number of hydrogen-bond donors (Lipinski definition) is 0. The molecule has 0 saturated heterocycles. The summed E-state index contributed by atoms with van der Waals surface area (Å²) in [4.78, 5) is 15.5. The number of nitrogens with zero attached hydrogens (tertiary/aromatic N) is 1. The van der Waals surface area contributed by atoms with Gasteiger partial charge in [0.25, 0.3) is 5.91 Å². The van der Waals surface area contributed by atoms with Crippen LogP contribution in [0.4, 0.5) is 4.39 Å². The van der Waals surface area contributed by atoms with Gasteiger partial charge in [0.1, 0.15) is 5.82 Å². The fourth-order valence-corrected chi connectivity index (χ4v) is 3.02. The summed E-state index contributed by atoms with van der Waals surface area (Å²) in [5.74, 6) is -0.588. The Morgan fingerprint density at radius 3 is 2.70 bits per heavy atom. The Morgan fingerprint density at radius 2 is 2.10 bits per heavy atom. The lowest BCUT2D eigenvalue weighted by molar-refractivity contribution is 0.0691. The monoisotopic (exact) mass is 355 g/mol. The van der Waals surface area contributed by atoms with E-state index in [1.165, 1.54) is 6.07 Å². The number of amides is 1. The van der Waals surface area contributed by atoms with Crippen molar-refractivity contribution in [1.82, 2.24) is 4.90 Å². The van der Waals surface area contributed by atoms with E-state index >= 15 is 0 Å². The Hall–Kier alpha value is -1.20. The third-order valence-corrected chi connectivity index (χ3v) is 4.64. The predicted octanol–water partition coefficient (Wildman–Crippen LogP) is 4.70. The number of thiophene rings is 1. The molecule has 106 valence electrons. The van der Waals surface area contributed by atoms with Crippen molar-refractivity contribution in [2.24, 2.45) is 0 Å². The van der Waals surface area contributed by atoms with Crippen LogP contribution in [0.2, 0.25) is 0 Å². The molecule has 2 rings (SSSR count). The Labute approximate surface area is 130 Å². The van der Waals surface area contributed by atoms with Gasteiger partial charge in [0.05, 0.1) is 16.6 Å². The first-order valence-electron chi connectivity index (χ1n) is 6.28. The number of rotatable bonds is 4. The molecule has 2 aromatic rings. The van der Waals surface area contributed by atoms with Crippen molar-refractivity contribution in [3.05, 3.63) is 56.4 Å². The molecule has 0 N–H and O–H groups in total. The van der Waals surface area contributed by atoms with Crippen molar-refractivity contribution in [3.8, 4) is 0 Å². The van der Waals surface area contributed by atoms with Crippen molar-refractivity contribution in [2.75, 3.05) is 0 Å². The van der Waals surface area contributed by atoms with E-state index in [-0.39, 0.29) is 16.4 Å². The molecule has 0 aliphatic heterocycles. The van der Waals surface area contributed by atoms with Gasteiger partial charge < -0.3 is 4.90 Å². The van der Waals surface area contributed by atoms with Crippen molar-refractivity contribution >= 4 is 33.2 Å². The van der Waals surface area contributed by atoms with E-state index < -0.39 is 5.82 Å². The van der Waals surface area contributed by atoms with E-state index in [2.05, 4.69) is 15.9 Å². The zero-order valence-corrected chi connectivity index (χ0v) is 13.7. The molecule has 0 saturated carbocycles. The lowest BCUT2D eigenvalue weighted by Gasteiger charge is -2.26. The molecule has 0 bridgehead atoms. The highest BCUT2D eigenvalue weighted by molar-refractivity contribution is 9.10.